The fraction of sp³-hybridized carbons (Fsp3) is 0.500. The van der Waals surface area contributed by atoms with Gasteiger partial charge in [0.1, 0.15) is 30.5 Å². The minimum Gasteiger partial charge on any atom is -0.493 e. The molecule has 8 atom stereocenters. The van der Waals surface area contributed by atoms with E-state index in [0.29, 0.717) is 29.8 Å². The molecule has 6 rings (SSSR count). The molecular formula is C54H72O10Si. The molecule has 1 fully saturated rings. The summed E-state index contributed by atoms with van der Waals surface area (Å²) < 4.78 is 61.5. The van der Waals surface area contributed by atoms with Gasteiger partial charge in [-0.15, -0.1) is 0 Å². The average Bonchev–Trinajstić information content (AvgIpc) is 3.29. The van der Waals surface area contributed by atoms with Gasteiger partial charge in [0.05, 0.1) is 51.3 Å². The van der Waals surface area contributed by atoms with Crippen LogP contribution in [0.25, 0.3) is 0 Å². The van der Waals surface area contributed by atoms with Crippen molar-refractivity contribution in [3.05, 3.63) is 156 Å². The molecule has 4 aromatic carbocycles. The molecule has 0 aromatic heterocycles. The molecule has 0 amide bonds. The van der Waals surface area contributed by atoms with Crippen LogP contribution in [0.1, 0.15) is 84.6 Å². The molecule has 0 aliphatic carbocycles. The smallest absolute Gasteiger partial charge is 0.311 e. The van der Waals surface area contributed by atoms with Gasteiger partial charge in [0.25, 0.3) is 0 Å². The maximum Gasteiger partial charge on any atom is 0.311 e. The predicted octanol–water partition coefficient (Wildman–Crippen LogP) is 11.1. The van der Waals surface area contributed by atoms with Crippen molar-refractivity contribution < 1.29 is 47.1 Å². The summed E-state index contributed by atoms with van der Waals surface area (Å²) in [5.41, 5.74) is 4.06. The Labute approximate surface area is 389 Å². The summed E-state index contributed by atoms with van der Waals surface area (Å²) in [6.45, 7) is 20.7. The topological polar surface area (TPSA) is 100 Å². The maximum absolute atomic E-state index is 14.2. The molecule has 2 aliphatic rings. The number of ether oxygens (including phenoxy) is 8. The molecule has 0 bridgehead atoms. The van der Waals surface area contributed by atoms with Crippen LogP contribution in [0.4, 0.5) is 0 Å². The molecule has 11 heteroatoms. The number of carbonyl (C=O) groups is 1. The van der Waals surface area contributed by atoms with E-state index >= 15 is 0 Å². The highest BCUT2D eigenvalue weighted by atomic mass is 28.4. The third-order valence-electron chi connectivity index (χ3n) is 12.4. The Morgan fingerprint density at radius 1 is 0.569 bits per heavy atom. The summed E-state index contributed by atoms with van der Waals surface area (Å²) in [7, 11) is -2.43. The lowest BCUT2D eigenvalue weighted by Gasteiger charge is -2.49. The third-order valence-corrected chi connectivity index (χ3v) is 18.5. The minimum absolute atomic E-state index is 0.183. The Morgan fingerprint density at radius 2 is 1.03 bits per heavy atom. The first kappa shape index (κ1) is 50.2. The van der Waals surface area contributed by atoms with Crippen molar-refractivity contribution in [1.29, 1.82) is 0 Å². The van der Waals surface area contributed by atoms with Crippen LogP contribution in [0.15, 0.2) is 134 Å². The van der Waals surface area contributed by atoms with E-state index in [-0.39, 0.29) is 26.4 Å². The number of rotatable bonds is 22. The highest BCUT2D eigenvalue weighted by Gasteiger charge is 2.54. The van der Waals surface area contributed by atoms with E-state index in [0.717, 1.165) is 22.3 Å². The van der Waals surface area contributed by atoms with E-state index in [1.807, 2.05) is 148 Å². The molecule has 1 saturated heterocycles. The number of carbonyl (C=O) groups excluding carboxylic acids is 1. The van der Waals surface area contributed by atoms with Crippen molar-refractivity contribution in [3.63, 3.8) is 0 Å². The fourth-order valence-corrected chi connectivity index (χ4v) is 14.5. The summed E-state index contributed by atoms with van der Waals surface area (Å²) >= 11 is 0. The van der Waals surface area contributed by atoms with Crippen LogP contribution >= 0.6 is 0 Å². The van der Waals surface area contributed by atoms with Crippen LogP contribution in [0.2, 0.25) is 16.6 Å². The van der Waals surface area contributed by atoms with Crippen LogP contribution < -0.4 is 0 Å². The zero-order chi connectivity index (χ0) is 46.4. The highest BCUT2D eigenvalue weighted by molar-refractivity contribution is 6.77. The molecule has 2 heterocycles. The molecule has 0 saturated carbocycles. The van der Waals surface area contributed by atoms with Gasteiger partial charge < -0.3 is 42.3 Å². The lowest BCUT2D eigenvalue weighted by atomic mass is 9.95. The normalized spacial score (nSPS) is 23.8. The molecule has 65 heavy (non-hydrogen) atoms. The first-order chi connectivity index (χ1) is 31.3. The molecule has 352 valence electrons. The summed E-state index contributed by atoms with van der Waals surface area (Å²) in [6, 6.07) is 40.0. The lowest BCUT2D eigenvalue weighted by molar-refractivity contribution is -0.339. The first-order valence-corrected chi connectivity index (χ1v) is 25.5. The molecule has 10 nitrogen and oxygen atoms in total. The average molecular weight is 909 g/mol. The summed E-state index contributed by atoms with van der Waals surface area (Å²) in [5, 5.41) is 0. The second-order valence-electron chi connectivity index (χ2n) is 19.2. The van der Waals surface area contributed by atoms with Gasteiger partial charge in [-0.25, -0.2) is 0 Å². The highest BCUT2D eigenvalue weighted by Crippen LogP contribution is 2.43. The van der Waals surface area contributed by atoms with Crippen molar-refractivity contribution in [1.82, 2.24) is 0 Å². The molecule has 0 spiro atoms. The molecule has 0 radical (unpaired) electrons. The van der Waals surface area contributed by atoms with Gasteiger partial charge in [0.15, 0.2) is 26.8 Å². The van der Waals surface area contributed by atoms with Gasteiger partial charge in [-0.2, -0.15) is 0 Å². The fourth-order valence-electron chi connectivity index (χ4n) is 9.06. The predicted molar refractivity (Wildman–Crippen MR) is 255 cm³/mol. The van der Waals surface area contributed by atoms with Crippen molar-refractivity contribution in [3.8, 4) is 0 Å². The molecule has 4 aromatic rings. The van der Waals surface area contributed by atoms with Gasteiger partial charge in [0, 0.05) is 0 Å². The Balaban J connectivity index is 1.42. The lowest BCUT2D eigenvalue weighted by Crippen LogP contribution is -2.64. The van der Waals surface area contributed by atoms with E-state index in [9.17, 15) is 4.79 Å². The number of benzene rings is 4. The van der Waals surface area contributed by atoms with E-state index in [1.54, 1.807) is 6.26 Å². The molecule has 0 N–H and O–H groups in total. The molecule has 2 aliphatic heterocycles. The minimum atomic E-state index is -2.43. The second-order valence-corrected chi connectivity index (χ2v) is 24.6. The van der Waals surface area contributed by atoms with Crippen LogP contribution in [0.3, 0.4) is 0 Å². The Bertz CT molecular complexity index is 1990. The van der Waals surface area contributed by atoms with Crippen LogP contribution in [-0.2, 0) is 73.5 Å². The largest absolute Gasteiger partial charge is 0.493 e. The second kappa shape index (κ2) is 24.0. The monoisotopic (exact) mass is 908 g/mol. The van der Waals surface area contributed by atoms with E-state index in [1.165, 1.54) is 0 Å². The van der Waals surface area contributed by atoms with Gasteiger partial charge in [-0.1, -0.05) is 163 Å². The van der Waals surface area contributed by atoms with Crippen LogP contribution in [0.5, 0.6) is 0 Å². The zero-order valence-electron chi connectivity index (χ0n) is 39.9. The quantitative estimate of drug-likeness (QED) is 0.0560. The van der Waals surface area contributed by atoms with Crippen LogP contribution in [-0.4, -0.2) is 76.5 Å². The van der Waals surface area contributed by atoms with E-state index in [2.05, 4.69) is 41.5 Å². The standard InChI is InChI=1S/C54H72O10Si/c1-38(2)65(39(3)4,40(5)6)61-37-47-49(59-34-43-26-18-12-19-27-43)50(60-35-44-28-20-13-21-29-44)51(64-53(55)54(7,8)9)52(62-47)63-48-45(58-33-42-24-16-11-17-25-42)30-31-57-46(48)36-56-32-41-22-14-10-15-23-41/h10-31,38-40,45-52H,32-37H2,1-9H3/t45-,46-,47-,48+,49+,50+,51-,52+/m1/s1. The van der Waals surface area contributed by atoms with Crippen LogP contribution in [0, 0.1) is 5.41 Å². The van der Waals surface area contributed by atoms with Crippen molar-refractivity contribution in [2.75, 3.05) is 13.2 Å². The van der Waals surface area contributed by atoms with Gasteiger partial charge in [-0.3, -0.25) is 4.79 Å². The maximum atomic E-state index is 14.2. The Morgan fingerprint density at radius 3 is 1.51 bits per heavy atom. The van der Waals surface area contributed by atoms with Crippen molar-refractivity contribution in [2.24, 2.45) is 5.41 Å². The third kappa shape index (κ3) is 13.7. The number of esters is 1. The van der Waals surface area contributed by atoms with Gasteiger partial charge in [-0.05, 0) is 65.7 Å². The first-order valence-electron chi connectivity index (χ1n) is 23.3. The van der Waals surface area contributed by atoms with Crippen molar-refractivity contribution in [2.45, 2.75) is 154 Å². The number of hydrogen-bond acceptors (Lipinski definition) is 10. The Hall–Kier alpha value is -4.17. The summed E-state index contributed by atoms with van der Waals surface area (Å²) in [6.07, 6.45) is -3.04. The molecule has 0 unspecified atom stereocenters. The molecular weight excluding hydrogens is 837 g/mol. The van der Waals surface area contributed by atoms with E-state index in [4.69, 9.17) is 42.3 Å². The SMILES string of the molecule is CC(C)[Si](OC[C@H]1O[C@@H](O[C@H]2[C@H](OCc3ccccc3)C=CO[C@@H]2COCc2ccccc2)[C@H](OC(=O)C(C)(C)C)[C@@H](OCc2ccccc2)[C@H]1OCc1ccccc1)(C(C)C)C(C)C. The van der Waals surface area contributed by atoms with Crippen molar-refractivity contribution >= 4 is 14.3 Å². The number of hydrogen-bond donors (Lipinski definition) is 0. The van der Waals surface area contributed by atoms with Gasteiger partial charge >= 0.3 is 5.97 Å². The van der Waals surface area contributed by atoms with Gasteiger partial charge in [0.2, 0.25) is 0 Å². The summed E-state index contributed by atoms with van der Waals surface area (Å²) in [5.74, 6) is -0.435. The van der Waals surface area contributed by atoms with E-state index < -0.39 is 68.7 Å². The zero-order valence-corrected chi connectivity index (χ0v) is 40.9. The Kier molecular flexibility index (Phi) is 18.6. The summed E-state index contributed by atoms with van der Waals surface area (Å²) in [4.78, 5) is 14.2.